The SMILES string of the molecule is Cc1noc(C)c1C1CC(c2cc(NC(=O)c3ccc(Cl)cn3)ccc2F)SC(N)=N1. The Morgan fingerprint density at radius 2 is 2.13 bits per heavy atom. The maximum Gasteiger partial charge on any atom is 0.274 e. The van der Waals surface area contributed by atoms with Crippen LogP contribution < -0.4 is 11.1 Å². The molecule has 0 bridgehead atoms. The Labute approximate surface area is 187 Å². The Kier molecular flexibility index (Phi) is 5.97. The van der Waals surface area contributed by atoms with Crippen molar-refractivity contribution in [3.63, 3.8) is 0 Å². The number of aliphatic imine (C=N–C) groups is 1. The first kappa shape index (κ1) is 21.3. The van der Waals surface area contributed by atoms with Gasteiger partial charge in [-0.1, -0.05) is 28.5 Å². The number of halogens is 2. The van der Waals surface area contributed by atoms with E-state index in [2.05, 4.69) is 20.4 Å². The zero-order valence-corrected chi connectivity index (χ0v) is 18.3. The van der Waals surface area contributed by atoms with Gasteiger partial charge in [-0.05, 0) is 50.6 Å². The van der Waals surface area contributed by atoms with Gasteiger partial charge in [0.2, 0.25) is 0 Å². The standard InChI is InChI=1S/C21H19ClFN5O2S/c1-10-19(11(2)30-28-10)17-8-18(31-21(24)27-17)14-7-13(4-5-15(14)23)26-20(29)16-6-3-12(22)9-25-16/h3-7,9,17-18H,8H2,1-2H3,(H2,24,27)(H,26,29). The third-order valence-electron chi connectivity index (χ3n) is 4.97. The lowest BCUT2D eigenvalue weighted by atomic mass is 9.97. The number of aromatic nitrogens is 2. The Hall–Kier alpha value is -2.91. The van der Waals surface area contributed by atoms with E-state index < -0.39 is 5.91 Å². The summed E-state index contributed by atoms with van der Waals surface area (Å²) in [6, 6.07) is 7.26. The lowest BCUT2D eigenvalue weighted by Gasteiger charge is -2.26. The number of nitrogens with one attached hydrogen (secondary N) is 1. The molecule has 2 unspecified atom stereocenters. The molecule has 3 aromatic rings. The molecule has 1 aromatic carbocycles. The molecular weight excluding hydrogens is 441 g/mol. The first-order chi connectivity index (χ1) is 14.8. The van der Waals surface area contributed by atoms with Crippen molar-refractivity contribution < 1.29 is 13.7 Å². The second kappa shape index (κ2) is 8.68. The van der Waals surface area contributed by atoms with E-state index >= 15 is 0 Å². The third-order valence-corrected chi connectivity index (χ3v) is 6.27. The molecule has 0 radical (unpaired) electrons. The van der Waals surface area contributed by atoms with Gasteiger partial charge in [0, 0.05) is 28.3 Å². The van der Waals surface area contributed by atoms with Crippen LogP contribution in [0.3, 0.4) is 0 Å². The number of carbonyl (C=O) groups is 1. The molecule has 10 heteroatoms. The number of nitrogens with zero attached hydrogens (tertiary/aromatic N) is 3. The number of hydrogen-bond acceptors (Lipinski definition) is 7. The fourth-order valence-electron chi connectivity index (χ4n) is 3.55. The van der Waals surface area contributed by atoms with Crippen molar-refractivity contribution in [3.8, 4) is 0 Å². The number of benzene rings is 1. The summed E-state index contributed by atoms with van der Waals surface area (Å²) in [6.45, 7) is 3.66. The third kappa shape index (κ3) is 4.57. The molecule has 31 heavy (non-hydrogen) atoms. The lowest BCUT2D eigenvalue weighted by Crippen LogP contribution is -2.20. The van der Waals surface area contributed by atoms with Crippen molar-refractivity contribution >= 4 is 40.1 Å². The molecule has 2 atom stereocenters. The summed E-state index contributed by atoms with van der Waals surface area (Å²) in [5.41, 5.74) is 8.76. The predicted molar refractivity (Wildman–Crippen MR) is 119 cm³/mol. The van der Waals surface area contributed by atoms with Crippen molar-refractivity contribution in [1.29, 1.82) is 0 Å². The predicted octanol–water partition coefficient (Wildman–Crippen LogP) is 4.97. The maximum absolute atomic E-state index is 14.7. The summed E-state index contributed by atoms with van der Waals surface area (Å²) in [6.07, 6.45) is 1.91. The maximum atomic E-state index is 14.7. The van der Waals surface area contributed by atoms with Crippen LogP contribution in [0.15, 0.2) is 46.0 Å². The topological polar surface area (TPSA) is 106 Å². The Morgan fingerprint density at radius 3 is 2.81 bits per heavy atom. The second-order valence-electron chi connectivity index (χ2n) is 7.12. The number of hydrogen-bond donors (Lipinski definition) is 2. The van der Waals surface area contributed by atoms with Gasteiger partial charge in [-0.2, -0.15) is 0 Å². The number of aryl methyl sites for hydroxylation is 2. The van der Waals surface area contributed by atoms with Crippen molar-refractivity contribution in [3.05, 3.63) is 75.6 Å². The average molecular weight is 460 g/mol. The van der Waals surface area contributed by atoms with Gasteiger partial charge in [-0.3, -0.25) is 9.79 Å². The molecule has 4 rings (SSSR count). The summed E-state index contributed by atoms with van der Waals surface area (Å²) in [7, 11) is 0. The van der Waals surface area contributed by atoms with E-state index in [-0.39, 0.29) is 22.8 Å². The van der Waals surface area contributed by atoms with Crippen molar-refractivity contribution in [1.82, 2.24) is 10.1 Å². The molecule has 1 aliphatic rings. The monoisotopic (exact) mass is 459 g/mol. The number of thioether (sulfide) groups is 1. The van der Waals surface area contributed by atoms with Gasteiger partial charge in [0.25, 0.3) is 5.91 Å². The summed E-state index contributed by atoms with van der Waals surface area (Å²) < 4.78 is 20.0. The number of amides is 1. The highest BCUT2D eigenvalue weighted by molar-refractivity contribution is 8.14. The van der Waals surface area contributed by atoms with Crippen LogP contribution >= 0.6 is 23.4 Å². The highest BCUT2D eigenvalue weighted by Crippen LogP contribution is 2.45. The number of nitrogens with two attached hydrogens (primary N) is 1. The van der Waals surface area contributed by atoms with Crippen molar-refractivity contribution in [2.75, 3.05) is 5.32 Å². The fraction of sp³-hybridized carbons (Fsp3) is 0.238. The van der Waals surface area contributed by atoms with Crippen LogP contribution in [0.1, 0.15) is 50.8 Å². The minimum atomic E-state index is -0.416. The lowest BCUT2D eigenvalue weighted by molar-refractivity contribution is 0.102. The van der Waals surface area contributed by atoms with Crippen LogP contribution in [-0.4, -0.2) is 21.2 Å². The van der Waals surface area contributed by atoms with Gasteiger partial charge < -0.3 is 15.6 Å². The van der Waals surface area contributed by atoms with E-state index in [0.29, 0.717) is 33.6 Å². The molecule has 0 aliphatic carbocycles. The van der Waals surface area contributed by atoms with E-state index in [1.165, 1.54) is 36.2 Å². The molecule has 3 N–H and O–H groups in total. The van der Waals surface area contributed by atoms with E-state index in [1.54, 1.807) is 12.1 Å². The molecule has 0 fully saturated rings. The largest absolute Gasteiger partial charge is 0.379 e. The van der Waals surface area contributed by atoms with Crippen LogP contribution in [0.4, 0.5) is 10.1 Å². The highest BCUT2D eigenvalue weighted by Gasteiger charge is 2.31. The van der Waals surface area contributed by atoms with Gasteiger partial charge in [-0.25, -0.2) is 9.37 Å². The van der Waals surface area contributed by atoms with Crippen LogP contribution in [0.25, 0.3) is 0 Å². The smallest absolute Gasteiger partial charge is 0.274 e. The van der Waals surface area contributed by atoms with Crippen LogP contribution in [-0.2, 0) is 0 Å². The summed E-state index contributed by atoms with van der Waals surface area (Å²) >= 11 is 7.10. The zero-order chi connectivity index (χ0) is 22.1. The van der Waals surface area contributed by atoms with Crippen molar-refractivity contribution in [2.45, 2.75) is 31.6 Å². The molecule has 7 nitrogen and oxygen atoms in total. The Morgan fingerprint density at radius 1 is 1.32 bits per heavy atom. The minimum absolute atomic E-state index is 0.206. The van der Waals surface area contributed by atoms with Gasteiger partial charge in [0.15, 0.2) is 5.17 Å². The van der Waals surface area contributed by atoms with Crippen LogP contribution in [0.2, 0.25) is 5.02 Å². The highest BCUT2D eigenvalue weighted by atomic mass is 35.5. The van der Waals surface area contributed by atoms with Crippen molar-refractivity contribution in [2.24, 2.45) is 10.7 Å². The molecule has 0 spiro atoms. The summed E-state index contributed by atoms with van der Waals surface area (Å²) in [5.74, 6) is -0.130. The minimum Gasteiger partial charge on any atom is -0.379 e. The number of pyridine rings is 1. The molecule has 1 amide bonds. The van der Waals surface area contributed by atoms with E-state index in [9.17, 15) is 9.18 Å². The first-order valence-electron chi connectivity index (χ1n) is 9.47. The normalized spacial score (nSPS) is 18.5. The fourth-order valence-corrected chi connectivity index (χ4v) is 4.72. The number of rotatable bonds is 4. The molecule has 0 saturated heterocycles. The first-order valence-corrected chi connectivity index (χ1v) is 10.7. The quantitative estimate of drug-likeness (QED) is 0.570. The molecule has 160 valence electrons. The van der Waals surface area contributed by atoms with Gasteiger partial charge in [0.05, 0.1) is 16.8 Å². The van der Waals surface area contributed by atoms with Gasteiger partial charge >= 0.3 is 0 Å². The van der Waals surface area contributed by atoms with E-state index in [4.69, 9.17) is 21.9 Å². The zero-order valence-electron chi connectivity index (χ0n) is 16.7. The van der Waals surface area contributed by atoms with Crippen LogP contribution in [0, 0.1) is 19.7 Å². The molecular formula is C21H19ClFN5O2S. The van der Waals surface area contributed by atoms with Crippen LogP contribution in [0.5, 0.6) is 0 Å². The summed E-state index contributed by atoms with van der Waals surface area (Å²) in [5, 5.41) is 7.23. The van der Waals surface area contributed by atoms with E-state index in [1.807, 2.05) is 13.8 Å². The number of anilines is 1. The molecule has 3 heterocycles. The Bertz CT molecular complexity index is 1150. The molecule has 2 aromatic heterocycles. The Balaban J connectivity index is 1.59. The second-order valence-corrected chi connectivity index (χ2v) is 8.77. The molecule has 0 saturated carbocycles. The number of carbonyl (C=O) groups excluding carboxylic acids is 1. The van der Waals surface area contributed by atoms with Gasteiger partial charge in [-0.15, -0.1) is 0 Å². The average Bonchev–Trinajstić information content (AvgIpc) is 3.07. The van der Waals surface area contributed by atoms with E-state index in [0.717, 1.165) is 11.3 Å². The van der Waals surface area contributed by atoms with Gasteiger partial charge in [0.1, 0.15) is 17.3 Å². The molecule has 1 aliphatic heterocycles. The summed E-state index contributed by atoms with van der Waals surface area (Å²) in [4.78, 5) is 21.0. The number of amidine groups is 1.